The maximum absolute atomic E-state index is 12.7. The molecule has 11 heteroatoms. The van der Waals surface area contributed by atoms with E-state index in [0.717, 1.165) is 8.96 Å². The van der Waals surface area contributed by atoms with Crippen molar-refractivity contribution in [3.05, 3.63) is 30.1 Å². The minimum Gasteiger partial charge on any atom is -0.321 e. The van der Waals surface area contributed by atoms with Gasteiger partial charge in [0.05, 0.1) is 29.2 Å². The van der Waals surface area contributed by atoms with Crippen molar-refractivity contribution >= 4 is 32.4 Å². The first-order valence-electron chi connectivity index (χ1n) is 7.24. The lowest BCUT2D eigenvalue weighted by atomic mass is 10.2. The highest BCUT2D eigenvalue weighted by Gasteiger charge is 2.24. The van der Waals surface area contributed by atoms with E-state index in [4.69, 9.17) is 0 Å². The lowest BCUT2D eigenvalue weighted by Gasteiger charge is -2.05. The lowest BCUT2D eigenvalue weighted by Crippen LogP contribution is -2.16. The van der Waals surface area contributed by atoms with Gasteiger partial charge in [0.25, 0.3) is 10.0 Å². The molecule has 132 valence electrons. The van der Waals surface area contributed by atoms with Gasteiger partial charge in [-0.25, -0.2) is 9.97 Å². The average molecular weight is 380 g/mol. The third kappa shape index (κ3) is 3.07. The molecule has 25 heavy (non-hydrogen) atoms. The molecule has 0 aromatic carbocycles. The number of anilines is 1. The minimum absolute atomic E-state index is 0.0552. The molecular formula is C14H16N6O3S2. The number of nitrogens with one attached hydrogen (secondary N) is 1. The maximum Gasteiger partial charge on any atom is 0.300 e. The number of carbonyl (C=O) groups excluding carboxylic acids is 1. The van der Waals surface area contributed by atoms with Crippen LogP contribution < -0.4 is 5.32 Å². The number of aryl methyl sites for hydroxylation is 2. The molecule has 0 bridgehead atoms. The predicted octanol–water partition coefficient (Wildman–Crippen LogP) is 1.55. The molecule has 3 aromatic rings. The van der Waals surface area contributed by atoms with E-state index in [-0.39, 0.29) is 10.9 Å². The van der Waals surface area contributed by atoms with E-state index in [2.05, 4.69) is 20.4 Å². The van der Waals surface area contributed by atoms with Crippen LogP contribution in [0.5, 0.6) is 0 Å². The van der Waals surface area contributed by atoms with Crippen LogP contribution in [0.15, 0.2) is 23.6 Å². The van der Waals surface area contributed by atoms with Crippen LogP contribution in [-0.4, -0.2) is 38.0 Å². The van der Waals surface area contributed by atoms with Crippen LogP contribution in [-0.2, 0) is 21.9 Å². The average Bonchev–Trinajstić information content (AvgIpc) is 3.20. The smallest absolute Gasteiger partial charge is 0.300 e. The highest BCUT2D eigenvalue weighted by atomic mass is 32.2. The van der Waals surface area contributed by atoms with E-state index >= 15 is 0 Å². The van der Waals surface area contributed by atoms with Gasteiger partial charge in [0, 0.05) is 19.5 Å². The Morgan fingerprint density at radius 2 is 2.00 bits per heavy atom. The van der Waals surface area contributed by atoms with E-state index < -0.39 is 10.0 Å². The number of hydrogen-bond acceptors (Lipinski definition) is 7. The number of hydrogen-bond donors (Lipinski definition) is 1. The number of imidazole rings is 1. The number of carbonyl (C=O) groups is 1. The molecular weight excluding hydrogens is 364 g/mol. The maximum atomic E-state index is 12.7. The molecule has 0 saturated heterocycles. The molecule has 0 aliphatic rings. The van der Waals surface area contributed by atoms with Gasteiger partial charge in [-0.3, -0.25) is 4.79 Å². The summed E-state index contributed by atoms with van der Waals surface area (Å²) in [5.74, 6) is 0.370. The zero-order valence-corrected chi connectivity index (χ0v) is 15.6. The summed E-state index contributed by atoms with van der Waals surface area (Å²) < 4.78 is 27.8. The van der Waals surface area contributed by atoms with Crippen molar-refractivity contribution in [3.63, 3.8) is 0 Å². The standard InChI is InChI=1S/C14H16N6O3S2/c1-8-13(24-14(17-8)18-10(3)21)11-5-16-20(7-11)25(22,23)12-6-15-9(2)19(12)4/h5-7H,1-4H3,(H,17,18,21). The van der Waals surface area contributed by atoms with Gasteiger partial charge in [-0.2, -0.15) is 17.6 Å². The molecule has 0 unspecified atom stereocenters. The van der Waals surface area contributed by atoms with Crippen molar-refractivity contribution in [2.75, 3.05) is 5.32 Å². The van der Waals surface area contributed by atoms with Crippen molar-refractivity contribution in [3.8, 4) is 10.4 Å². The Bertz CT molecular complexity index is 1060. The van der Waals surface area contributed by atoms with Crippen LogP contribution in [0.3, 0.4) is 0 Å². The molecule has 3 rings (SSSR count). The molecule has 1 N–H and O–H groups in total. The largest absolute Gasteiger partial charge is 0.321 e. The Morgan fingerprint density at radius 1 is 1.28 bits per heavy atom. The third-order valence-electron chi connectivity index (χ3n) is 3.59. The number of aromatic nitrogens is 5. The van der Waals surface area contributed by atoms with E-state index in [9.17, 15) is 13.2 Å². The fourth-order valence-electron chi connectivity index (χ4n) is 2.24. The third-order valence-corrected chi connectivity index (χ3v) is 6.31. The van der Waals surface area contributed by atoms with Crippen molar-refractivity contribution in [1.82, 2.24) is 23.7 Å². The number of nitrogens with zero attached hydrogens (tertiary/aromatic N) is 5. The fourth-order valence-corrected chi connectivity index (χ4v) is 4.51. The molecule has 0 aliphatic carbocycles. The highest BCUT2D eigenvalue weighted by Crippen LogP contribution is 2.32. The molecule has 0 aliphatic heterocycles. The first-order valence-corrected chi connectivity index (χ1v) is 9.49. The molecule has 3 heterocycles. The van der Waals surface area contributed by atoms with Crippen LogP contribution in [0.2, 0.25) is 0 Å². The van der Waals surface area contributed by atoms with Crippen molar-refractivity contribution in [2.45, 2.75) is 25.8 Å². The Morgan fingerprint density at radius 3 is 2.60 bits per heavy atom. The summed E-state index contributed by atoms with van der Waals surface area (Å²) >= 11 is 1.26. The van der Waals surface area contributed by atoms with Crippen LogP contribution in [0, 0.1) is 13.8 Å². The molecule has 0 atom stereocenters. The first-order chi connectivity index (χ1) is 11.7. The zero-order chi connectivity index (χ0) is 18.4. The second-order valence-corrected chi connectivity index (χ2v) is 8.17. The molecule has 9 nitrogen and oxygen atoms in total. The lowest BCUT2D eigenvalue weighted by molar-refractivity contribution is -0.114. The number of thiazole rings is 1. The number of amides is 1. The number of rotatable bonds is 4. The van der Waals surface area contributed by atoms with Gasteiger partial charge in [-0.05, 0) is 13.8 Å². The van der Waals surface area contributed by atoms with Gasteiger partial charge in [0.15, 0.2) is 10.2 Å². The normalized spacial score (nSPS) is 11.7. The Labute approximate surface area is 148 Å². The van der Waals surface area contributed by atoms with Crippen LogP contribution in [0.25, 0.3) is 10.4 Å². The highest BCUT2D eigenvalue weighted by molar-refractivity contribution is 7.89. The Balaban J connectivity index is 1.99. The van der Waals surface area contributed by atoms with Crippen molar-refractivity contribution in [2.24, 2.45) is 7.05 Å². The molecule has 0 fully saturated rings. The minimum atomic E-state index is -3.84. The van der Waals surface area contributed by atoms with Gasteiger partial charge < -0.3 is 9.88 Å². The van der Waals surface area contributed by atoms with Gasteiger partial charge in [0.2, 0.25) is 5.91 Å². The summed E-state index contributed by atoms with van der Waals surface area (Å²) in [6.45, 7) is 4.90. The fraction of sp³-hybridized carbons (Fsp3) is 0.286. The first kappa shape index (κ1) is 17.3. The van der Waals surface area contributed by atoms with Gasteiger partial charge in [-0.15, -0.1) is 0 Å². The molecule has 3 aromatic heterocycles. The predicted molar refractivity (Wildman–Crippen MR) is 92.9 cm³/mol. The van der Waals surface area contributed by atoms with Gasteiger partial charge >= 0.3 is 0 Å². The van der Waals surface area contributed by atoms with Crippen LogP contribution in [0.1, 0.15) is 18.4 Å². The molecule has 0 saturated carbocycles. The van der Waals surface area contributed by atoms with E-state index in [1.54, 1.807) is 20.9 Å². The van der Waals surface area contributed by atoms with E-state index in [0.29, 0.717) is 22.2 Å². The van der Waals surface area contributed by atoms with Crippen molar-refractivity contribution < 1.29 is 13.2 Å². The molecule has 0 radical (unpaired) electrons. The summed E-state index contributed by atoms with van der Waals surface area (Å²) in [5.41, 5.74) is 1.29. The monoisotopic (exact) mass is 380 g/mol. The van der Waals surface area contributed by atoms with Crippen LogP contribution in [0.4, 0.5) is 5.13 Å². The summed E-state index contributed by atoms with van der Waals surface area (Å²) in [5, 5.41) is 7.11. The van der Waals surface area contributed by atoms with E-state index in [1.807, 2.05) is 0 Å². The van der Waals surface area contributed by atoms with E-state index in [1.165, 1.54) is 41.4 Å². The molecule has 0 spiro atoms. The Kier molecular flexibility index (Phi) is 4.21. The van der Waals surface area contributed by atoms with Gasteiger partial charge in [-0.1, -0.05) is 11.3 Å². The second kappa shape index (κ2) is 6.08. The SMILES string of the molecule is CC(=O)Nc1nc(C)c(-c2cnn(S(=O)(=O)c3cnc(C)n3C)c2)s1. The van der Waals surface area contributed by atoms with Crippen LogP contribution >= 0.6 is 11.3 Å². The summed E-state index contributed by atoms with van der Waals surface area (Å²) in [6.07, 6.45) is 4.19. The summed E-state index contributed by atoms with van der Waals surface area (Å²) in [7, 11) is -2.21. The zero-order valence-electron chi connectivity index (χ0n) is 14.0. The van der Waals surface area contributed by atoms with Crippen molar-refractivity contribution in [1.29, 1.82) is 0 Å². The second-order valence-electron chi connectivity index (χ2n) is 5.42. The summed E-state index contributed by atoms with van der Waals surface area (Å²) in [6, 6.07) is 0. The van der Waals surface area contributed by atoms with Gasteiger partial charge in [0.1, 0.15) is 5.82 Å². The topological polar surface area (TPSA) is 112 Å². The quantitative estimate of drug-likeness (QED) is 0.735. The Hall–Kier alpha value is -2.53. The summed E-state index contributed by atoms with van der Waals surface area (Å²) in [4.78, 5) is 20.2. The molecule has 1 amide bonds.